The van der Waals surface area contributed by atoms with Crippen LogP contribution in [0.15, 0.2) is 6.20 Å². The van der Waals surface area contributed by atoms with Gasteiger partial charge < -0.3 is 20.5 Å². The summed E-state index contributed by atoms with van der Waals surface area (Å²) in [5.41, 5.74) is -0.266. The molecular weight excluding hydrogens is 425 g/mol. The van der Waals surface area contributed by atoms with Gasteiger partial charge in [-0.1, -0.05) is 6.42 Å². The van der Waals surface area contributed by atoms with Crippen molar-refractivity contribution in [2.45, 2.75) is 69.6 Å². The van der Waals surface area contributed by atoms with Crippen molar-refractivity contribution in [3.63, 3.8) is 0 Å². The Labute approximate surface area is 183 Å². The minimum Gasteiger partial charge on any atom is -0.476 e. The van der Waals surface area contributed by atoms with E-state index in [1.165, 1.54) is 0 Å². The molecule has 3 N–H and O–H groups in total. The van der Waals surface area contributed by atoms with Gasteiger partial charge in [0, 0.05) is 24.1 Å². The SMILES string of the molecule is CC(C)(CO)n1nc(C2CCC2)c2c1OC[C@@H]1CC[C@H]1Nc1nc(ncc1C(F)(F)F)N2. The first-order valence-corrected chi connectivity index (χ1v) is 11.0. The molecule has 2 saturated carbocycles. The van der Waals surface area contributed by atoms with Crippen LogP contribution in [0.3, 0.4) is 0 Å². The molecular formula is C21H27F3N6O2. The van der Waals surface area contributed by atoms with Gasteiger partial charge in [-0.05, 0) is 39.5 Å². The minimum atomic E-state index is -4.56. The highest BCUT2D eigenvalue weighted by Crippen LogP contribution is 2.46. The molecule has 0 aromatic carbocycles. The number of fused-ring (bicyclic) bond motifs is 4. The van der Waals surface area contributed by atoms with Gasteiger partial charge in [-0.15, -0.1) is 0 Å². The zero-order chi connectivity index (χ0) is 22.7. The molecule has 0 radical (unpaired) electrons. The molecule has 2 atom stereocenters. The molecule has 0 saturated heterocycles. The van der Waals surface area contributed by atoms with Crippen molar-refractivity contribution in [3.8, 4) is 5.88 Å². The second-order valence-electron chi connectivity index (χ2n) is 9.55. The zero-order valence-corrected chi connectivity index (χ0v) is 18.0. The van der Waals surface area contributed by atoms with Crippen LogP contribution in [0.1, 0.15) is 63.1 Å². The second-order valence-corrected chi connectivity index (χ2v) is 9.55. The topological polar surface area (TPSA) is 97.1 Å². The summed E-state index contributed by atoms with van der Waals surface area (Å²) in [6.07, 6.45) is 0.855. The van der Waals surface area contributed by atoms with Crippen molar-refractivity contribution in [1.29, 1.82) is 0 Å². The highest BCUT2D eigenvalue weighted by Gasteiger charge is 2.40. The number of hydrogen-bond donors (Lipinski definition) is 3. The number of aliphatic hydroxyl groups excluding tert-OH is 1. The summed E-state index contributed by atoms with van der Waals surface area (Å²) in [7, 11) is 0. The molecule has 3 heterocycles. The molecule has 1 aliphatic heterocycles. The van der Waals surface area contributed by atoms with Gasteiger partial charge >= 0.3 is 6.18 Å². The third kappa shape index (κ3) is 3.56. The maximum Gasteiger partial charge on any atom is 0.421 e. The summed E-state index contributed by atoms with van der Waals surface area (Å²) >= 11 is 0. The van der Waals surface area contributed by atoms with E-state index in [1.54, 1.807) is 4.68 Å². The van der Waals surface area contributed by atoms with Crippen LogP contribution in [0.5, 0.6) is 5.88 Å². The Hall–Kier alpha value is -2.56. The molecule has 32 heavy (non-hydrogen) atoms. The van der Waals surface area contributed by atoms with Gasteiger partial charge in [-0.2, -0.15) is 23.3 Å². The Kier molecular flexibility index (Phi) is 4.99. The number of anilines is 3. The zero-order valence-electron chi connectivity index (χ0n) is 18.0. The fourth-order valence-corrected chi connectivity index (χ4v) is 4.31. The molecule has 5 rings (SSSR count). The first kappa shape index (κ1) is 21.3. The van der Waals surface area contributed by atoms with Gasteiger partial charge in [0.05, 0.1) is 24.4 Å². The molecule has 3 aliphatic rings. The van der Waals surface area contributed by atoms with Crippen molar-refractivity contribution in [2.24, 2.45) is 5.92 Å². The van der Waals surface area contributed by atoms with Crippen LogP contribution in [0.25, 0.3) is 0 Å². The van der Waals surface area contributed by atoms with Crippen LogP contribution >= 0.6 is 0 Å². The first-order valence-electron chi connectivity index (χ1n) is 11.0. The van der Waals surface area contributed by atoms with Crippen molar-refractivity contribution < 1.29 is 23.0 Å². The van der Waals surface area contributed by atoms with E-state index in [2.05, 4.69) is 20.6 Å². The van der Waals surface area contributed by atoms with Crippen LogP contribution in [-0.2, 0) is 11.7 Å². The number of aromatic nitrogens is 4. The lowest BCUT2D eigenvalue weighted by molar-refractivity contribution is -0.137. The summed E-state index contributed by atoms with van der Waals surface area (Å²) in [6, 6.07) is -0.172. The average molecular weight is 452 g/mol. The quantitative estimate of drug-likeness (QED) is 0.647. The molecule has 2 fully saturated rings. The van der Waals surface area contributed by atoms with Gasteiger partial charge in [0.1, 0.15) is 17.1 Å². The molecule has 2 aromatic rings. The van der Waals surface area contributed by atoms with Gasteiger partial charge in [-0.3, -0.25) is 0 Å². The van der Waals surface area contributed by atoms with Crippen LogP contribution in [0.4, 0.5) is 30.6 Å². The normalized spacial score (nSPS) is 23.3. The Morgan fingerprint density at radius 1 is 1.22 bits per heavy atom. The lowest BCUT2D eigenvalue weighted by Crippen LogP contribution is -2.42. The highest BCUT2D eigenvalue weighted by atomic mass is 19.4. The molecule has 11 heteroatoms. The predicted molar refractivity (Wildman–Crippen MR) is 111 cm³/mol. The van der Waals surface area contributed by atoms with Crippen LogP contribution in [-0.4, -0.2) is 44.1 Å². The lowest BCUT2D eigenvalue weighted by atomic mass is 9.80. The minimum absolute atomic E-state index is 0.0354. The molecule has 8 nitrogen and oxygen atoms in total. The van der Waals surface area contributed by atoms with Crippen molar-refractivity contribution in [3.05, 3.63) is 17.5 Å². The summed E-state index contributed by atoms with van der Waals surface area (Å²) in [4.78, 5) is 8.15. The Bertz CT molecular complexity index is 1020. The third-order valence-electron chi connectivity index (χ3n) is 6.83. The molecule has 0 amide bonds. The fourth-order valence-electron chi connectivity index (χ4n) is 4.31. The van der Waals surface area contributed by atoms with E-state index in [4.69, 9.17) is 9.84 Å². The van der Waals surface area contributed by atoms with Gasteiger partial charge in [-0.25, -0.2) is 9.67 Å². The summed E-state index contributed by atoms with van der Waals surface area (Å²) in [5.74, 6) is 0.535. The maximum absolute atomic E-state index is 13.6. The lowest BCUT2D eigenvalue weighted by Gasteiger charge is -2.37. The first-order chi connectivity index (χ1) is 15.2. The number of nitrogens with one attached hydrogen (secondary N) is 2. The van der Waals surface area contributed by atoms with Gasteiger partial charge in [0.15, 0.2) is 0 Å². The van der Waals surface area contributed by atoms with E-state index in [-0.39, 0.29) is 36.3 Å². The molecule has 0 spiro atoms. The Balaban J connectivity index is 1.65. The van der Waals surface area contributed by atoms with E-state index in [1.807, 2.05) is 13.8 Å². The van der Waals surface area contributed by atoms with E-state index >= 15 is 0 Å². The summed E-state index contributed by atoms with van der Waals surface area (Å²) < 4.78 is 48.6. The second kappa shape index (κ2) is 7.50. The van der Waals surface area contributed by atoms with Crippen molar-refractivity contribution in [2.75, 3.05) is 23.8 Å². The molecule has 2 aromatic heterocycles. The highest BCUT2D eigenvalue weighted by molar-refractivity contribution is 5.66. The molecule has 174 valence electrons. The number of alkyl halides is 3. The number of aliphatic hydroxyl groups is 1. The van der Waals surface area contributed by atoms with E-state index < -0.39 is 17.3 Å². The number of ether oxygens (including phenoxy) is 1. The Morgan fingerprint density at radius 2 is 2.00 bits per heavy atom. The Morgan fingerprint density at radius 3 is 2.59 bits per heavy atom. The van der Waals surface area contributed by atoms with E-state index in [0.717, 1.165) is 44.0 Å². The number of halogens is 3. The fraction of sp³-hybridized carbons (Fsp3) is 0.667. The predicted octanol–water partition coefficient (Wildman–Crippen LogP) is 4.01. The maximum atomic E-state index is 13.6. The van der Waals surface area contributed by atoms with E-state index in [9.17, 15) is 18.3 Å². The summed E-state index contributed by atoms with van der Waals surface area (Å²) in [6.45, 7) is 3.90. The number of rotatable bonds is 3. The third-order valence-corrected chi connectivity index (χ3v) is 6.83. The van der Waals surface area contributed by atoms with Crippen LogP contribution in [0.2, 0.25) is 0 Å². The standard InChI is InChI=1S/C21H27F3N6O2/c1-20(2,10-31)30-18-16(15(29-30)11-4-3-5-11)27-19-25-8-13(21(22,23)24)17(28-19)26-14-7-6-12(14)9-32-18/h8,11-12,14,31H,3-7,9-10H2,1-2H3,(H2,25,26,27,28)/t12-,14+/m0/s1. The smallest absolute Gasteiger partial charge is 0.421 e. The molecule has 0 unspecified atom stereocenters. The summed E-state index contributed by atoms with van der Waals surface area (Å²) in [5, 5.41) is 20.9. The largest absolute Gasteiger partial charge is 0.476 e. The molecule has 2 aliphatic carbocycles. The van der Waals surface area contributed by atoms with Crippen LogP contribution in [0, 0.1) is 5.92 Å². The van der Waals surface area contributed by atoms with Crippen molar-refractivity contribution in [1.82, 2.24) is 19.7 Å². The molecule has 2 bridgehead atoms. The van der Waals surface area contributed by atoms with Gasteiger partial charge in [0.25, 0.3) is 0 Å². The average Bonchev–Trinajstić information content (AvgIpc) is 3.01. The number of nitrogens with zero attached hydrogens (tertiary/aromatic N) is 4. The van der Waals surface area contributed by atoms with Crippen LogP contribution < -0.4 is 15.4 Å². The van der Waals surface area contributed by atoms with Gasteiger partial charge in [0.2, 0.25) is 11.8 Å². The number of hydrogen-bond acceptors (Lipinski definition) is 7. The van der Waals surface area contributed by atoms with E-state index in [0.29, 0.717) is 18.2 Å². The van der Waals surface area contributed by atoms with Crippen molar-refractivity contribution >= 4 is 17.5 Å². The monoisotopic (exact) mass is 452 g/mol.